The first-order valence-electron chi connectivity index (χ1n) is 8.25. The summed E-state index contributed by atoms with van der Waals surface area (Å²) in [5, 5.41) is 0. The normalized spacial score (nSPS) is 10.8. The van der Waals surface area contributed by atoms with Crippen LogP contribution < -0.4 is 4.72 Å². The van der Waals surface area contributed by atoms with E-state index in [0.29, 0.717) is 0 Å². The van der Waals surface area contributed by atoms with E-state index in [1.165, 1.54) is 29.2 Å². The maximum Gasteiger partial charge on any atom is 0.337 e. The molecule has 0 aliphatic heterocycles. The highest BCUT2D eigenvalue weighted by Crippen LogP contribution is 2.21. The van der Waals surface area contributed by atoms with Gasteiger partial charge in [0, 0.05) is 25.3 Å². The summed E-state index contributed by atoms with van der Waals surface area (Å²) >= 11 is 0. The van der Waals surface area contributed by atoms with Crippen LogP contribution in [0.3, 0.4) is 0 Å². The van der Waals surface area contributed by atoms with Crippen molar-refractivity contribution < 1.29 is 32.3 Å². The molecule has 0 aliphatic rings. The van der Waals surface area contributed by atoms with Gasteiger partial charge >= 0.3 is 11.9 Å². The summed E-state index contributed by atoms with van der Waals surface area (Å²) in [6.07, 6.45) is 0. The van der Waals surface area contributed by atoms with Gasteiger partial charge < -0.3 is 14.4 Å². The van der Waals surface area contributed by atoms with Gasteiger partial charge in [0.1, 0.15) is 0 Å². The van der Waals surface area contributed by atoms with E-state index < -0.39 is 22.0 Å². The van der Waals surface area contributed by atoms with Crippen molar-refractivity contribution in [2.75, 3.05) is 33.0 Å². The molecule has 0 unspecified atom stereocenters. The largest absolute Gasteiger partial charge is 0.465 e. The first-order chi connectivity index (χ1) is 13.6. The number of hydrogen-bond donors (Lipinski definition) is 1. The second-order valence-corrected chi connectivity index (χ2v) is 7.80. The Bertz CT molecular complexity index is 1030. The fraction of sp³-hybridized carbons (Fsp3) is 0.211. The zero-order valence-electron chi connectivity index (χ0n) is 16.3. The summed E-state index contributed by atoms with van der Waals surface area (Å²) in [4.78, 5) is 36.8. The highest BCUT2D eigenvalue weighted by Gasteiger charge is 2.21. The number of nitrogens with zero attached hydrogens (tertiary/aromatic N) is 1. The zero-order chi connectivity index (χ0) is 21.8. The average molecular weight is 420 g/mol. The molecule has 0 atom stereocenters. The summed E-state index contributed by atoms with van der Waals surface area (Å²) in [7, 11) is 1.22. The molecule has 0 aromatic heterocycles. The monoisotopic (exact) mass is 420 g/mol. The quantitative estimate of drug-likeness (QED) is 0.707. The predicted octanol–water partition coefficient (Wildman–Crippen LogP) is 1.76. The van der Waals surface area contributed by atoms with E-state index in [1.807, 2.05) is 0 Å². The number of hydrogen-bond acceptors (Lipinski definition) is 7. The fourth-order valence-electron chi connectivity index (χ4n) is 2.41. The Morgan fingerprint density at radius 1 is 0.862 bits per heavy atom. The number of amides is 1. The molecule has 0 spiro atoms. The first-order valence-corrected chi connectivity index (χ1v) is 9.73. The molecule has 1 N–H and O–H groups in total. The minimum Gasteiger partial charge on any atom is -0.465 e. The van der Waals surface area contributed by atoms with Crippen LogP contribution in [0.1, 0.15) is 31.1 Å². The van der Waals surface area contributed by atoms with Gasteiger partial charge in [0.15, 0.2) is 0 Å². The molecule has 10 heteroatoms. The van der Waals surface area contributed by atoms with Crippen molar-refractivity contribution in [3.63, 3.8) is 0 Å². The van der Waals surface area contributed by atoms with Gasteiger partial charge in [0.05, 0.1) is 30.2 Å². The molecule has 29 heavy (non-hydrogen) atoms. The molecule has 1 amide bonds. The number of ether oxygens (including phenoxy) is 2. The van der Waals surface area contributed by atoms with Crippen molar-refractivity contribution in [3.8, 4) is 0 Å². The molecule has 0 heterocycles. The lowest BCUT2D eigenvalue weighted by atomic mass is 10.1. The van der Waals surface area contributed by atoms with Gasteiger partial charge in [-0.15, -0.1) is 0 Å². The van der Waals surface area contributed by atoms with Crippen LogP contribution in [-0.2, 0) is 19.5 Å². The molecule has 0 aliphatic carbocycles. The number of benzene rings is 2. The van der Waals surface area contributed by atoms with Crippen molar-refractivity contribution in [1.29, 1.82) is 0 Å². The first kappa shape index (κ1) is 21.9. The number of rotatable bonds is 6. The van der Waals surface area contributed by atoms with Crippen LogP contribution >= 0.6 is 0 Å². The van der Waals surface area contributed by atoms with E-state index in [2.05, 4.69) is 14.2 Å². The third kappa shape index (κ3) is 5.11. The second kappa shape index (κ2) is 8.74. The van der Waals surface area contributed by atoms with E-state index in [9.17, 15) is 22.8 Å². The molecule has 2 aromatic carbocycles. The van der Waals surface area contributed by atoms with E-state index in [1.54, 1.807) is 20.2 Å². The molecule has 0 saturated heterocycles. The van der Waals surface area contributed by atoms with Crippen LogP contribution in [0, 0.1) is 0 Å². The summed E-state index contributed by atoms with van der Waals surface area (Å²) < 4.78 is 37.2. The maximum absolute atomic E-state index is 12.8. The lowest BCUT2D eigenvalue weighted by molar-refractivity contribution is 0.0598. The predicted molar refractivity (Wildman–Crippen MR) is 104 cm³/mol. The molecule has 2 rings (SSSR count). The molecule has 154 valence electrons. The van der Waals surface area contributed by atoms with Gasteiger partial charge in [0.2, 0.25) is 0 Å². The van der Waals surface area contributed by atoms with E-state index in [4.69, 9.17) is 0 Å². The number of anilines is 1. The third-order valence-corrected chi connectivity index (χ3v) is 5.19. The van der Waals surface area contributed by atoms with Crippen LogP contribution in [0.4, 0.5) is 5.69 Å². The average Bonchev–Trinajstić information content (AvgIpc) is 2.71. The van der Waals surface area contributed by atoms with E-state index in [-0.39, 0.29) is 33.2 Å². The summed E-state index contributed by atoms with van der Waals surface area (Å²) in [6, 6.07) is 9.26. The highest BCUT2D eigenvalue weighted by atomic mass is 32.2. The molecular weight excluding hydrogens is 400 g/mol. The van der Waals surface area contributed by atoms with Crippen molar-refractivity contribution in [2.24, 2.45) is 0 Å². The van der Waals surface area contributed by atoms with Crippen molar-refractivity contribution in [3.05, 3.63) is 59.2 Å². The molecular formula is C19H20N2O7S. The standard InChI is InChI=1S/C19H20N2O7S/c1-21(2)17(22)12-6-5-7-15(9-12)20-29(25,26)16-10-13(18(23)27-3)8-14(11-16)19(24)28-4/h5-11,20H,1-4H3. The third-order valence-electron chi connectivity index (χ3n) is 3.83. The summed E-state index contributed by atoms with van der Waals surface area (Å²) in [5.74, 6) is -1.93. The van der Waals surface area contributed by atoms with Gasteiger partial charge in [-0.1, -0.05) is 6.07 Å². The number of carbonyl (C=O) groups is 3. The molecule has 2 aromatic rings. The Morgan fingerprint density at radius 3 is 1.90 bits per heavy atom. The minimum atomic E-state index is -4.19. The molecule has 9 nitrogen and oxygen atoms in total. The molecule has 0 saturated carbocycles. The molecule has 0 radical (unpaired) electrons. The van der Waals surface area contributed by atoms with Gasteiger partial charge in [-0.05, 0) is 36.4 Å². The summed E-state index contributed by atoms with van der Waals surface area (Å²) in [6.45, 7) is 0. The number of carbonyl (C=O) groups excluding carboxylic acids is 3. The van der Waals surface area contributed by atoms with Gasteiger partial charge in [-0.3, -0.25) is 9.52 Å². The Kier molecular flexibility index (Phi) is 6.60. The van der Waals surface area contributed by atoms with Crippen molar-refractivity contribution in [2.45, 2.75) is 4.90 Å². The molecule has 0 bridgehead atoms. The van der Waals surface area contributed by atoms with Crippen LogP contribution in [0.5, 0.6) is 0 Å². The fourth-order valence-corrected chi connectivity index (χ4v) is 3.53. The van der Waals surface area contributed by atoms with Crippen LogP contribution in [0.15, 0.2) is 47.4 Å². The van der Waals surface area contributed by atoms with Crippen molar-refractivity contribution >= 4 is 33.6 Å². The Labute approximate surface area is 168 Å². The number of sulfonamides is 1. The molecule has 0 fully saturated rings. The lowest BCUT2D eigenvalue weighted by Gasteiger charge is -2.13. The second-order valence-electron chi connectivity index (χ2n) is 6.12. The van der Waals surface area contributed by atoms with Gasteiger partial charge in [-0.25, -0.2) is 18.0 Å². The number of esters is 2. The Morgan fingerprint density at radius 2 is 1.41 bits per heavy atom. The SMILES string of the molecule is COC(=O)c1cc(C(=O)OC)cc(S(=O)(=O)Nc2cccc(C(=O)N(C)C)c2)c1. The topological polar surface area (TPSA) is 119 Å². The van der Waals surface area contributed by atoms with Gasteiger partial charge in [0.25, 0.3) is 15.9 Å². The zero-order valence-corrected chi connectivity index (χ0v) is 17.1. The van der Waals surface area contributed by atoms with Crippen LogP contribution in [-0.4, -0.2) is 59.5 Å². The summed E-state index contributed by atoms with van der Waals surface area (Å²) in [5.41, 5.74) is 0.161. The van der Waals surface area contributed by atoms with E-state index in [0.717, 1.165) is 26.4 Å². The Balaban J connectivity index is 2.48. The van der Waals surface area contributed by atoms with Crippen LogP contribution in [0.25, 0.3) is 0 Å². The highest BCUT2D eigenvalue weighted by molar-refractivity contribution is 7.92. The lowest BCUT2D eigenvalue weighted by Crippen LogP contribution is -2.22. The Hall–Kier alpha value is -3.40. The number of nitrogens with one attached hydrogen (secondary N) is 1. The van der Waals surface area contributed by atoms with Crippen LogP contribution in [0.2, 0.25) is 0 Å². The van der Waals surface area contributed by atoms with Crippen molar-refractivity contribution in [1.82, 2.24) is 4.90 Å². The smallest absolute Gasteiger partial charge is 0.337 e. The van der Waals surface area contributed by atoms with E-state index >= 15 is 0 Å². The minimum absolute atomic E-state index is 0.132. The number of methoxy groups -OCH3 is 2. The maximum atomic E-state index is 12.8. The van der Waals surface area contributed by atoms with Gasteiger partial charge in [-0.2, -0.15) is 0 Å².